The van der Waals surface area contributed by atoms with E-state index in [1.807, 2.05) is 12.1 Å². The third-order valence-electron chi connectivity index (χ3n) is 2.80. The van der Waals surface area contributed by atoms with Crippen molar-refractivity contribution in [2.75, 3.05) is 12.8 Å². The number of H-pyrrole nitrogens is 1. The monoisotopic (exact) mass is 274 g/mol. The second-order valence-corrected chi connectivity index (χ2v) is 4.47. The summed E-state index contributed by atoms with van der Waals surface area (Å²) in [6, 6.07) is 7.16. The minimum absolute atomic E-state index is 0.506. The molecule has 0 saturated heterocycles. The summed E-state index contributed by atoms with van der Waals surface area (Å²) in [6.07, 6.45) is 1.66. The molecule has 0 spiro atoms. The Bertz CT molecular complexity index is 753. The van der Waals surface area contributed by atoms with E-state index in [2.05, 4.69) is 15.0 Å². The molecule has 0 aliphatic carbocycles. The fourth-order valence-electron chi connectivity index (χ4n) is 1.97. The molecule has 19 heavy (non-hydrogen) atoms. The number of aromatic amines is 1. The number of nitrogens with one attached hydrogen (secondary N) is 1. The molecule has 6 heteroatoms. The Hall–Kier alpha value is -2.27. The quantitative estimate of drug-likeness (QED) is 0.705. The molecule has 5 nitrogen and oxygen atoms in total. The predicted molar refractivity (Wildman–Crippen MR) is 75.3 cm³/mol. The molecule has 3 rings (SSSR count). The number of nitrogens with two attached hydrogens (primary N) is 1. The Morgan fingerprint density at radius 2 is 2.21 bits per heavy atom. The summed E-state index contributed by atoms with van der Waals surface area (Å²) in [5.74, 6) is 1.15. The van der Waals surface area contributed by atoms with Crippen LogP contribution >= 0.6 is 11.6 Å². The highest BCUT2D eigenvalue weighted by Gasteiger charge is 2.13. The maximum atomic E-state index is 5.97. The standard InChI is InChI=1S/C13H11ClN4O/c1-19-13-8(3-2-4-16-13)12-17-10-6-7(14)5-9(15)11(10)18-12/h2-6H,15H2,1H3,(H,17,18). The van der Waals surface area contributed by atoms with Gasteiger partial charge in [0.15, 0.2) is 0 Å². The molecule has 2 aromatic heterocycles. The number of imidazole rings is 1. The lowest BCUT2D eigenvalue weighted by Crippen LogP contribution is -1.91. The normalized spacial score (nSPS) is 10.8. The molecule has 2 heterocycles. The zero-order valence-electron chi connectivity index (χ0n) is 10.1. The Kier molecular flexibility index (Phi) is 2.76. The van der Waals surface area contributed by atoms with Crippen molar-refractivity contribution in [3.05, 3.63) is 35.5 Å². The van der Waals surface area contributed by atoms with Crippen molar-refractivity contribution in [2.45, 2.75) is 0 Å². The number of anilines is 1. The van der Waals surface area contributed by atoms with Crippen LogP contribution in [0, 0.1) is 0 Å². The predicted octanol–water partition coefficient (Wildman–Crippen LogP) is 2.87. The summed E-state index contributed by atoms with van der Waals surface area (Å²) in [6.45, 7) is 0. The van der Waals surface area contributed by atoms with Gasteiger partial charge in [0.25, 0.3) is 0 Å². The van der Waals surface area contributed by atoms with Gasteiger partial charge < -0.3 is 15.5 Å². The second kappa shape index (κ2) is 4.44. The van der Waals surface area contributed by atoms with Gasteiger partial charge in [0.05, 0.1) is 23.9 Å². The molecule has 0 fully saturated rings. The van der Waals surface area contributed by atoms with Crippen LogP contribution in [0.25, 0.3) is 22.4 Å². The van der Waals surface area contributed by atoms with E-state index in [0.29, 0.717) is 27.9 Å². The number of nitrogen functional groups attached to an aromatic ring is 1. The van der Waals surface area contributed by atoms with Gasteiger partial charge in [-0.3, -0.25) is 0 Å². The summed E-state index contributed by atoms with van der Waals surface area (Å²) in [5.41, 5.74) is 8.68. The summed E-state index contributed by atoms with van der Waals surface area (Å²) in [7, 11) is 1.57. The third kappa shape index (κ3) is 1.98. The van der Waals surface area contributed by atoms with Gasteiger partial charge >= 0.3 is 0 Å². The lowest BCUT2D eigenvalue weighted by molar-refractivity contribution is 0.399. The summed E-state index contributed by atoms with van der Waals surface area (Å²) in [5, 5.41) is 0.568. The maximum absolute atomic E-state index is 5.97. The van der Waals surface area contributed by atoms with Gasteiger partial charge in [0.2, 0.25) is 5.88 Å². The topological polar surface area (TPSA) is 76.8 Å². The summed E-state index contributed by atoms with van der Waals surface area (Å²) in [4.78, 5) is 11.8. The first-order valence-corrected chi connectivity index (χ1v) is 6.01. The van der Waals surface area contributed by atoms with Crippen molar-refractivity contribution >= 4 is 28.3 Å². The number of aromatic nitrogens is 3. The van der Waals surface area contributed by atoms with E-state index in [1.165, 1.54) is 0 Å². The van der Waals surface area contributed by atoms with Crippen LogP contribution in [0.15, 0.2) is 30.5 Å². The number of benzene rings is 1. The summed E-state index contributed by atoms with van der Waals surface area (Å²) < 4.78 is 5.22. The van der Waals surface area contributed by atoms with Crippen LogP contribution in [0.3, 0.4) is 0 Å². The van der Waals surface area contributed by atoms with Crippen molar-refractivity contribution in [1.82, 2.24) is 15.0 Å². The molecule has 0 atom stereocenters. The van der Waals surface area contributed by atoms with E-state index in [0.717, 1.165) is 11.1 Å². The van der Waals surface area contributed by atoms with Gasteiger partial charge in [-0.1, -0.05) is 11.6 Å². The lowest BCUT2D eigenvalue weighted by atomic mass is 10.2. The SMILES string of the molecule is COc1ncccc1-c1nc2c(N)cc(Cl)cc2[nH]1. The fraction of sp³-hybridized carbons (Fsp3) is 0.0769. The minimum atomic E-state index is 0.506. The number of fused-ring (bicyclic) bond motifs is 1. The number of rotatable bonds is 2. The molecule has 0 aliphatic heterocycles. The smallest absolute Gasteiger partial charge is 0.224 e. The zero-order valence-corrected chi connectivity index (χ0v) is 10.9. The molecule has 0 aliphatic rings. The van der Waals surface area contributed by atoms with Gasteiger partial charge in [-0.15, -0.1) is 0 Å². The number of nitrogens with zero attached hydrogens (tertiary/aromatic N) is 2. The van der Waals surface area contributed by atoms with Crippen LogP contribution in [-0.2, 0) is 0 Å². The van der Waals surface area contributed by atoms with Crippen molar-refractivity contribution in [2.24, 2.45) is 0 Å². The van der Waals surface area contributed by atoms with E-state index in [1.54, 1.807) is 25.4 Å². The first-order valence-electron chi connectivity index (χ1n) is 5.63. The first-order chi connectivity index (χ1) is 9.19. The fourth-order valence-corrected chi connectivity index (χ4v) is 2.20. The van der Waals surface area contributed by atoms with Crippen molar-refractivity contribution < 1.29 is 4.74 Å². The van der Waals surface area contributed by atoms with Crippen LogP contribution in [0.5, 0.6) is 5.88 Å². The Labute approximate surface area is 114 Å². The van der Waals surface area contributed by atoms with Crippen LogP contribution in [0.2, 0.25) is 5.02 Å². The van der Waals surface area contributed by atoms with Crippen molar-refractivity contribution in [3.8, 4) is 17.3 Å². The average Bonchev–Trinajstić information content (AvgIpc) is 2.82. The van der Waals surface area contributed by atoms with Gasteiger partial charge in [0, 0.05) is 11.2 Å². The molecule has 0 amide bonds. The van der Waals surface area contributed by atoms with Crippen LogP contribution in [0.1, 0.15) is 0 Å². The number of hydrogen-bond donors (Lipinski definition) is 2. The van der Waals surface area contributed by atoms with Crippen LogP contribution in [-0.4, -0.2) is 22.1 Å². The molecular formula is C13H11ClN4O. The largest absolute Gasteiger partial charge is 0.480 e. The molecule has 3 aromatic rings. The number of hydrogen-bond acceptors (Lipinski definition) is 4. The van der Waals surface area contributed by atoms with Crippen molar-refractivity contribution in [1.29, 1.82) is 0 Å². The molecule has 96 valence electrons. The van der Waals surface area contributed by atoms with E-state index in [9.17, 15) is 0 Å². The number of pyridine rings is 1. The van der Waals surface area contributed by atoms with E-state index < -0.39 is 0 Å². The highest BCUT2D eigenvalue weighted by atomic mass is 35.5. The first kappa shape index (κ1) is 11.8. The Morgan fingerprint density at radius 1 is 1.37 bits per heavy atom. The van der Waals surface area contributed by atoms with E-state index in [-0.39, 0.29) is 0 Å². The third-order valence-corrected chi connectivity index (χ3v) is 3.02. The van der Waals surface area contributed by atoms with Crippen LogP contribution < -0.4 is 10.5 Å². The molecule has 0 bridgehead atoms. The highest BCUT2D eigenvalue weighted by molar-refractivity contribution is 6.31. The number of ether oxygens (including phenoxy) is 1. The Balaban J connectivity index is 2.23. The molecular weight excluding hydrogens is 264 g/mol. The van der Waals surface area contributed by atoms with Crippen LogP contribution in [0.4, 0.5) is 5.69 Å². The molecule has 0 unspecified atom stereocenters. The van der Waals surface area contributed by atoms with Gasteiger partial charge in [-0.05, 0) is 24.3 Å². The molecule has 1 aromatic carbocycles. The molecule has 0 saturated carbocycles. The highest BCUT2D eigenvalue weighted by Crippen LogP contribution is 2.30. The second-order valence-electron chi connectivity index (χ2n) is 4.04. The zero-order chi connectivity index (χ0) is 13.4. The molecule has 0 radical (unpaired) electrons. The van der Waals surface area contributed by atoms with Gasteiger partial charge in [-0.2, -0.15) is 0 Å². The number of halogens is 1. The van der Waals surface area contributed by atoms with E-state index in [4.69, 9.17) is 22.1 Å². The lowest BCUT2D eigenvalue weighted by Gasteiger charge is -2.03. The van der Waals surface area contributed by atoms with Gasteiger partial charge in [0.1, 0.15) is 11.3 Å². The summed E-state index contributed by atoms with van der Waals surface area (Å²) >= 11 is 5.97. The molecule has 3 N–H and O–H groups in total. The number of methoxy groups -OCH3 is 1. The van der Waals surface area contributed by atoms with Gasteiger partial charge in [-0.25, -0.2) is 9.97 Å². The van der Waals surface area contributed by atoms with E-state index >= 15 is 0 Å². The van der Waals surface area contributed by atoms with Crippen molar-refractivity contribution in [3.63, 3.8) is 0 Å². The average molecular weight is 275 g/mol. The maximum Gasteiger partial charge on any atom is 0.224 e. The Morgan fingerprint density at radius 3 is 3.00 bits per heavy atom. The minimum Gasteiger partial charge on any atom is -0.480 e.